The van der Waals surface area contributed by atoms with Gasteiger partial charge in [-0.05, 0) is 61.1 Å². The van der Waals surface area contributed by atoms with Gasteiger partial charge in [-0.3, -0.25) is 9.59 Å². The van der Waals surface area contributed by atoms with Gasteiger partial charge in [0.15, 0.2) is 5.78 Å². The molecule has 31 heavy (non-hydrogen) atoms. The topological polar surface area (TPSA) is 34.1 Å². The van der Waals surface area contributed by atoms with Gasteiger partial charge in [0.2, 0.25) is 0 Å². The Balaban J connectivity index is 1.54. The molecule has 0 N–H and O–H groups in total. The van der Waals surface area contributed by atoms with Crippen molar-refractivity contribution >= 4 is 11.6 Å². The molecule has 0 amide bonds. The van der Waals surface area contributed by atoms with Gasteiger partial charge in [0.05, 0.1) is 0 Å². The summed E-state index contributed by atoms with van der Waals surface area (Å²) in [5.41, 5.74) is 4.56. The van der Waals surface area contributed by atoms with Gasteiger partial charge in [0.25, 0.3) is 0 Å². The summed E-state index contributed by atoms with van der Waals surface area (Å²) in [6.07, 6.45) is 11.1. The van der Waals surface area contributed by atoms with Crippen LogP contribution in [0.25, 0.3) is 11.1 Å². The first kappa shape index (κ1) is 23.4. The van der Waals surface area contributed by atoms with Gasteiger partial charge in [-0.2, -0.15) is 0 Å². The Labute approximate surface area is 188 Å². The van der Waals surface area contributed by atoms with Crippen LogP contribution < -0.4 is 0 Å². The Bertz CT molecular complexity index is 824. The van der Waals surface area contributed by atoms with E-state index in [-0.39, 0.29) is 5.78 Å². The monoisotopic (exact) mass is 418 g/mol. The number of hydrogen-bond acceptors (Lipinski definition) is 2. The van der Waals surface area contributed by atoms with Crippen molar-refractivity contribution in [3.63, 3.8) is 0 Å². The van der Waals surface area contributed by atoms with E-state index >= 15 is 0 Å². The molecule has 1 saturated carbocycles. The highest BCUT2D eigenvalue weighted by Gasteiger charge is 2.26. The second-order valence-corrected chi connectivity index (χ2v) is 9.20. The van der Waals surface area contributed by atoms with Crippen molar-refractivity contribution in [2.75, 3.05) is 0 Å². The molecular formula is C29H38O2. The van der Waals surface area contributed by atoms with Crippen LogP contribution in [0, 0.1) is 5.92 Å². The fraction of sp³-hybridized carbons (Fsp3) is 0.517. The maximum atomic E-state index is 12.3. The number of benzene rings is 2. The Kier molecular flexibility index (Phi) is 9.06. The highest BCUT2D eigenvalue weighted by molar-refractivity contribution is 5.96. The molecule has 0 unspecified atom stereocenters. The summed E-state index contributed by atoms with van der Waals surface area (Å²) in [6.45, 7) is 4.31. The normalized spacial score (nSPS) is 18.6. The summed E-state index contributed by atoms with van der Waals surface area (Å²) in [4.78, 5) is 24.6. The molecule has 166 valence electrons. The minimum absolute atomic E-state index is 0.249. The fourth-order valence-electron chi connectivity index (χ4n) is 4.78. The Morgan fingerprint density at radius 1 is 0.710 bits per heavy atom. The van der Waals surface area contributed by atoms with E-state index in [9.17, 15) is 9.59 Å². The van der Waals surface area contributed by atoms with Gasteiger partial charge < -0.3 is 0 Å². The van der Waals surface area contributed by atoms with Crippen LogP contribution in [0.15, 0.2) is 48.5 Å². The quantitative estimate of drug-likeness (QED) is 0.272. The average Bonchev–Trinajstić information content (AvgIpc) is 2.83. The van der Waals surface area contributed by atoms with Crippen LogP contribution >= 0.6 is 0 Å². The summed E-state index contributed by atoms with van der Waals surface area (Å²) in [6, 6.07) is 17.0. The molecule has 0 saturated heterocycles. The summed E-state index contributed by atoms with van der Waals surface area (Å²) in [5, 5.41) is 0. The maximum Gasteiger partial charge on any atom is 0.162 e. The van der Waals surface area contributed by atoms with Crippen molar-refractivity contribution in [3.8, 4) is 11.1 Å². The zero-order valence-electron chi connectivity index (χ0n) is 19.4. The first-order valence-corrected chi connectivity index (χ1v) is 12.4. The lowest BCUT2D eigenvalue weighted by atomic mass is 9.76. The van der Waals surface area contributed by atoms with E-state index in [2.05, 4.69) is 50.2 Å². The molecule has 0 atom stereocenters. The van der Waals surface area contributed by atoms with Crippen molar-refractivity contribution in [3.05, 3.63) is 59.7 Å². The fourth-order valence-corrected chi connectivity index (χ4v) is 4.78. The van der Waals surface area contributed by atoms with Gasteiger partial charge in [-0.25, -0.2) is 0 Å². The predicted octanol–water partition coefficient (Wildman–Crippen LogP) is 8.15. The highest BCUT2D eigenvalue weighted by atomic mass is 16.1. The van der Waals surface area contributed by atoms with Gasteiger partial charge in [-0.1, -0.05) is 81.6 Å². The van der Waals surface area contributed by atoms with E-state index in [1.165, 1.54) is 11.1 Å². The summed E-state index contributed by atoms with van der Waals surface area (Å²) in [5.74, 6) is 1.61. The van der Waals surface area contributed by atoms with E-state index in [4.69, 9.17) is 0 Å². The molecule has 0 bridgehead atoms. The SMILES string of the molecule is CCCCCC(=O)c1ccc(-c2ccc(C3CCC(C(=O)CCCC)CC3)cc2)cc1. The number of unbranched alkanes of at least 4 members (excludes halogenated alkanes) is 3. The van der Waals surface area contributed by atoms with Crippen molar-refractivity contribution in [1.82, 2.24) is 0 Å². The predicted molar refractivity (Wildman–Crippen MR) is 130 cm³/mol. The van der Waals surface area contributed by atoms with Crippen LogP contribution in [0.1, 0.15) is 106 Å². The second kappa shape index (κ2) is 12.0. The molecule has 1 aliphatic carbocycles. The molecule has 0 aromatic heterocycles. The third kappa shape index (κ3) is 6.63. The Morgan fingerprint density at radius 2 is 1.29 bits per heavy atom. The molecule has 0 spiro atoms. The smallest absolute Gasteiger partial charge is 0.162 e. The molecule has 0 aliphatic heterocycles. The molecule has 2 heteroatoms. The lowest BCUT2D eigenvalue weighted by Crippen LogP contribution is -2.21. The number of Topliss-reactive ketones (excluding diaryl/α,β-unsaturated/α-hetero) is 2. The Morgan fingerprint density at radius 3 is 1.87 bits per heavy atom. The lowest BCUT2D eigenvalue weighted by Gasteiger charge is -2.28. The van der Waals surface area contributed by atoms with Crippen LogP contribution in [0.2, 0.25) is 0 Å². The lowest BCUT2D eigenvalue weighted by molar-refractivity contribution is -0.124. The number of rotatable bonds is 11. The molecule has 2 nitrogen and oxygen atoms in total. The van der Waals surface area contributed by atoms with E-state index in [0.717, 1.165) is 75.3 Å². The van der Waals surface area contributed by atoms with E-state index in [1.807, 2.05) is 12.1 Å². The number of carbonyl (C=O) groups excluding carboxylic acids is 2. The third-order valence-corrected chi connectivity index (χ3v) is 6.89. The maximum absolute atomic E-state index is 12.3. The van der Waals surface area contributed by atoms with Crippen LogP contribution in [-0.2, 0) is 4.79 Å². The first-order chi connectivity index (χ1) is 15.1. The largest absolute Gasteiger partial charge is 0.299 e. The molecule has 0 radical (unpaired) electrons. The van der Waals surface area contributed by atoms with E-state index < -0.39 is 0 Å². The number of hydrogen-bond donors (Lipinski definition) is 0. The van der Waals surface area contributed by atoms with Crippen LogP contribution in [0.5, 0.6) is 0 Å². The Hall–Kier alpha value is -2.22. The van der Waals surface area contributed by atoms with E-state index in [0.29, 0.717) is 24.0 Å². The van der Waals surface area contributed by atoms with Crippen LogP contribution in [-0.4, -0.2) is 11.6 Å². The van der Waals surface area contributed by atoms with Crippen molar-refractivity contribution in [1.29, 1.82) is 0 Å². The van der Waals surface area contributed by atoms with Gasteiger partial charge in [-0.15, -0.1) is 0 Å². The zero-order valence-corrected chi connectivity index (χ0v) is 19.4. The molecule has 1 aliphatic rings. The van der Waals surface area contributed by atoms with Crippen LogP contribution in [0.4, 0.5) is 0 Å². The number of ketones is 2. The standard InChI is InChI=1S/C29H38O2/c1-3-5-7-9-29(31)27-20-16-25(17-21-27)23-12-10-22(11-13-23)24-14-18-26(19-15-24)28(30)8-6-4-2/h10-13,16-17,20-21,24,26H,3-9,14-15,18-19H2,1-2H3. The second-order valence-electron chi connectivity index (χ2n) is 9.20. The zero-order chi connectivity index (χ0) is 22.1. The van der Waals surface area contributed by atoms with Crippen molar-refractivity contribution in [2.24, 2.45) is 5.92 Å². The van der Waals surface area contributed by atoms with E-state index in [1.54, 1.807) is 0 Å². The van der Waals surface area contributed by atoms with Gasteiger partial charge in [0.1, 0.15) is 5.78 Å². The molecular weight excluding hydrogens is 380 g/mol. The third-order valence-electron chi connectivity index (χ3n) is 6.89. The van der Waals surface area contributed by atoms with Gasteiger partial charge >= 0.3 is 0 Å². The van der Waals surface area contributed by atoms with Gasteiger partial charge in [0, 0.05) is 24.3 Å². The van der Waals surface area contributed by atoms with Crippen molar-refractivity contribution < 1.29 is 9.59 Å². The van der Waals surface area contributed by atoms with Crippen molar-refractivity contribution in [2.45, 2.75) is 90.4 Å². The molecule has 2 aromatic rings. The number of carbonyl (C=O) groups is 2. The minimum atomic E-state index is 0.249. The molecule has 2 aromatic carbocycles. The summed E-state index contributed by atoms with van der Waals surface area (Å²) >= 11 is 0. The summed E-state index contributed by atoms with van der Waals surface area (Å²) < 4.78 is 0. The molecule has 3 rings (SSSR count). The highest BCUT2D eigenvalue weighted by Crippen LogP contribution is 2.37. The minimum Gasteiger partial charge on any atom is -0.299 e. The average molecular weight is 419 g/mol. The first-order valence-electron chi connectivity index (χ1n) is 12.4. The molecule has 1 fully saturated rings. The molecule has 0 heterocycles. The van der Waals surface area contributed by atoms with Crippen LogP contribution in [0.3, 0.4) is 0 Å². The summed E-state index contributed by atoms with van der Waals surface area (Å²) in [7, 11) is 0.